The molecule has 3 rings (SSSR count). The molecule has 0 spiro atoms. The number of aryl methyl sites for hydroxylation is 2. The van der Waals surface area contributed by atoms with E-state index >= 15 is 0 Å². The van der Waals surface area contributed by atoms with E-state index < -0.39 is 0 Å². The summed E-state index contributed by atoms with van der Waals surface area (Å²) in [6.07, 6.45) is 4.02. The molecule has 1 aliphatic carbocycles. The third-order valence-corrected chi connectivity index (χ3v) is 4.58. The summed E-state index contributed by atoms with van der Waals surface area (Å²) in [5.41, 5.74) is 8.81. The first-order valence-corrected chi connectivity index (χ1v) is 7.56. The van der Waals surface area contributed by atoms with Crippen molar-refractivity contribution in [2.24, 2.45) is 18.7 Å². The largest absolute Gasteiger partial charge is 0.327 e. The third kappa shape index (κ3) is 2.53. The molecule has 0 radical (unpaired) electrons. The van der Waals surface area contributed by atoms with Gasteiger partial charge in [-0.1, -0.05) is 25.0 Å². The summed E-state index contributed by atoms with van der Waals surface area (Å²) >= 11 is 0. The van der Waals surface area contributed by atoms with Crippen LogP contribution in [-0.4, -0.2) is 21.7 Å². The van der Waals surface area contributed by atoms with Crippen molar-refractivity contribution in [1.29, 1.82) is 0 Å². The topological polar surface area (TPSA) is 72.9 Å². The van der Waals surface area contributed by atoms with Gasteiger partial charge in [0.25, 0.3) is 0 Å². The number of anilines is 1. The molecule has 1 heterocycles. The van der Waals surface area contributed by atoms with Gasteiger partial charge in [0.15, 0.2) is 0 Å². The standard InChI is InChI=1S/C16H22N4O/c1-10-11-7-5-9-14(15(11)19-20(10)2)18-16(21)12-6-3-4-8-13(12)17/h5,7,9,12-13H,3-4,6,8,17H2,1-2H3,(H,18,21)/t12-,13+/m0/s1. The van der Waals surface area contributed by atoms with Crippen LogP contribution in [0.3, 0.4) is 0 Å². The summed E-state index contributed by atoms with van der Waals surface area (Å²) in [4.78, 5) is 12.5. The fourth-order valence-electron chi connectivity index (χ4n) is 3.15. The minimum atomic E-state index is -0.0844. The van der Waals surface area contributed by atoms with Gasteiger partial charge < -0.3 is 11.1 Å². The lowest BCUT2D eigenvalue weighted by molar-refractivity contribution is -0.121. The molecule has 0 saturated heterocycles. The molecule has 0 aliphatic heterocycles. The van der Waals surface area contributed by atoms with Gasteiger partial charge >= 0.3 is 0 Å². The minimum Gasteiger partial charge on any atom is -0.327 e. The molecule has 1 aromatic heterocycles. The van der Waals surface area contributed by atoms with Gasteiger partial charge in [-0.25, -0.2) is 0 Å². The Morgan fingerprint density at radius 2 is 2.14 bits per heavy atom. The average molecular weight is 286 g/mol. The molecule has 0 unspecified atom stereocenters. The van der Waals surface area contributed by atoms with Gasteiger partial charge in [0.1, 0.15) is 5.52 Å². The summed E-state index contributed by atoms with van der Waals surface area (Å²) in [6.45, 7) is 2.03. The van der Waals surface area contributed by atoms with Crippen LogP contribution in [0, 0.1) is 12.8 Å². The number of carbonyl (C=O) groups excluding carboxylic acids is 1. The Morgan fingerprint density at radius 1 is 1.38 bits per heavy atom. The smallest absolute Gasteiger partial charge is 0.229 e. The molecule has 2 aromatic rings. The van der Waals surface area contributed by atoms with Crippen LogP contribution in [0.1, 0.15) is 31.4 Å². The van der Waals surface area contributed by atoms with Crippen molar-refractivity contribution >= 4 is 22.5 Å². The van der Waals surface area contributed by atoms with Crippen LogP contribution in [0.4, 0.5) is 5.69 Å². The van der Waals surface area contributed by atoms with E-state index in [1.54, 1.807) is 0 Å². The summed E-state index contributed by atoms with van der Waals surface area (Å²) < 4.78 is 1.84. The Kier molecular flexibility index (Phi) is 3.68. The maximum absolute atomic E-state index is 12.5. The lowest BCUT2D eigenvalue weighted by Gasteiger charge is -2.27. The molecule has 1 fully saturated rings. The number of aromatic nitrogens is 2. The molecule has 5 heteroatoms. The fourth-order valence-corrected chi connectivity index (χ4v) is 3.15. The van der Waals surface area contributed by atoms with Gasteiger partial charge in [-0.2, -0.15) is 5.10 Å². The number of nitrogens with one attached hydrogen (secondary N) is 1. The normalized spacial score (nSPS) is 22.4. The van der Waals surface area contributed by atoms with Crippen molar-refractivity contribution in [3.63, 3.8) is 0 Å². The highest BCUT2D eigenvalue weighted by atomic mass is 16.1. The quantitative estimate of drug-likeness (QED) is 0.890. The van der Waals surface area contributed by atoms with Crippen LogP contribution in [0.25, 0.3) is 10.9 Å². The van der Waals surface area contributed by atoms with E-state index in [2.05, 4.69) is 10.4 Å². The predicted molar refractivity (Wildman–Crippen MR) is 84.0 cm³/mol. The monoisotopic (exact) mass is 286 g/mol. The van der Waals surface area contributed by atoms with Crippen molar-refractivity contribution in [3.05, 3.63) is 23.9 Å². The SMILES string of the molecule is Cc1c2cccc(NC(=O)[C@H]3CCCC[C@H]3N)c2nn1C. The highest BCUT2D eigenvalue weighted by molar-refractivity contribution is 6.02. The lowest BCUT2D eigenvalue weighted by Crippen LogP contribution is -2.40. The van der Waals surface area contributed by atoms with Crippen LogP contribution >= 0.6 is 0 Å². The third-order valence-electron chi connectivity index (χ3n) is 4.58. The molecule has 1 aromatic carbocycles. The van der Waals surface area contributed by atoms with E-state index in [1.807, 2.05) is 36.9 Å². The van der Waals surface area contributed by atoms with Gasteiger partial charge in [-0.15, -0.1) is 0 Å². The molecule has 0 bridgehead atoms. The number of fused-ring (bicyclic) bond motifs is 1. The van der Waals surface area contributed by atoms with Crippen LogP contribution in [0.2, 0.25) is 0 Å². The summed E-state index contributed by atoms with van der Waals surface area (Å²) in [7, 11) is 1.91. The zero-order valence-electron chi connectivity index (χ0n) is 12.6. The van der Waals surface area contributed by atoms with Crippen LogP contribution < -0.4 is 11.1 Å². The second kappa shape index (κ2) is 5.48. The van der Waals surface area contributed by atoms with Crippen LogP contribution in [0.15, 0.2) is 18.2 Å². The van der Waals surface area contributed by atoms with Gasteiger partial charge in [0.2, 0.25) is 5.91 Å². The number of carbonyl (C=O) groups is 1. The number of nitrogens with zero attached hydrogens (tertiary/aromatic N) is 2. The van der Waals surface area contributed by atoms with Crippen LogP contribution in [0.5, 0.6) is 0 Å². The first kappa shape index (κ1) is 14.1. The molecule has 1 amide bonds. The van der Waals surface area contributed by atoms with Gasteiger partial charge in [-0.05, 0) is 25.8 Å². The molecule has 3 N–H and O–H groups in total. The number of rotatable bonds is 2. The second-order valence-electron chi connectivity index (χ2n) is 5.95. The summed E-state index contributed by atoms with van der Waals surface area (Å²) in [6, 6.07) is 5.86. The molecular weight excluding hydrogens is 264 g/mol. The Bertz CT molecular complexity index is 676. The highest BCUT2D eigenvalue weighted by Crippen LogP contribution is 2.28. The van der Waals surface area contributed by atoms with E-state index in [9.17, 15) is 4.79 Å². The maximum Gasteiger partial charge on any atom is 0.229 e. The molecule has 112 valence electrons. The van der Waals surface area contributed by atoms with E-state index in [0.29, 0.717) is 0 Å². The number of nitrogens with two attached hydrogens (primary N) is 1. The van der Waals surface area contributed by atoms with Crippen molar-refractivity contribution < 1.29 is 4.79 Å². The Balaban J connectivity index is 1.88. The number of hydrogen-bond donors (Lipinski definition) is 2. The van der Waals surface area contributed by atoms with E-state index in [-0.39, 0.29) is 17.9 Å². The van der Waals surface area contributed by atoms with Gasteiger partial charge in [-0.3, -0.25) is 9.48 Å². The molecule has 2 atom stereocenters. The summed E-state index contributed by atoms with van der Waals surface area (Å²) in [5, 5.41) is 8.60. The lowest BCUT2D eigenvalue weighted by atomic mass is 9.84. The Labute approximate surface area is 124 Å². The second-order valence-corrected chi connectivity index (χ2v) is 5.95. The summed E-state index contributed by atoms with van der Waals surface area (Å²) in [5.74, 6) is -0.0585. The minimum absolute atomic E-state index is 0.0246. The molecule has 21 heavy (non-hydrogen) atoms. The molecule has 1 saturated carbocycles. The van der Waals surface area contributed by atoms with Crippen molar-refractivity contribution in [2.75, 3.05) is 5.32 Å². The molecule has 5 nitrogen and oxygen atoms in total. The first-order chi connectivity index (χ1) is 10.1. The zero-order valence-corrected chi connectivity index (χ0v) is 12.6. The van der Waals surface area contributed by atoms with Gasteiger partial charge in [0, 0.05) is 24.2 Å². The van der Waals surface area contributed by atoms with Crippen molar-refractivity contribution in [3.8, 4) is 0 Å². The molecule has 1 aliphatic rings. The highest BCUT2D eigenvalue weighted by Gasteiger charge is 2.28. The average Bonchev–Trinajstić information content (AvgIpc) is 2.76. The van der Waals surface area contributed by atoms with E-state index in [0.717, 1.165) is 48.0 Å². The van der Waals surface area contributed by atoms with E-state index in [1.165, 1.54) is 0 Å². The Morgan fingerprint density at radius 3 is 2.90 bits per heavy atom. The van der Waals surface area contributed by atoms with Crippen molar-refractivity contribution in [2.45, 2.75) is 38.6 Å². The first-order valence-electron chi connectivity index (χ1n) is 7.56. The van der Waals surface area contributed by atoms with Crippen LogP contribution in [-0.2, 0) is 11.8 Å². The van der Waals surface area contributed by atoms with Crippen molar-refractivity contribution in [1.82, 2.24) is 9.78 Å². The zero-order chi connectivity index (χ0) is 15.0. The van der Waals surface area contributed by atoms with Gasteiger partial charge in [0.05, 0.1) is 11.6 Å². The maximum atomic E-state index is 12.5. The Hall–Kier alpha value is -1.88. The van der Waals surface area contributed by atoms with E-state index in [4.69, 9.17) is 5.73 Å². The number of amides is 1. The fraction of sp³-hybridized carbons (Fsp3) is 0.500. The number of benzene rings is 1. The number of hydrogen-bond acceptors (Lipinski definition) is 3. The predicted octanol–water partition coefficient (Wildman–Crippen LogP) is 2.34. The molecular formula is C16H22N4O.